The molecule has 0 amide bonds. The predicted octanol–water partition coefficient (Wildman–Crippen LogP) is 2.93. The molecule has 1 heterocycles. The molecule has 32 heavy (non-hydrogen) atoms. The van der Waals surface area contributed by atoms with Gasteiger partial charge in [0.15, 0.2) is 5.96 Å². The summed E-state index contributed by atoms with van der Waals surface area (Å²) < 4.78 is 16.7. The minimum atomic E-state index is 0. The molecule has 7 nitrogen and oxygen atoms in total. The highest BCUT2D eigenvalue weighted by molar-refractivity contribution is 14.0. The van der Waals surface area contributed by atoms with Crippen LogP contribution in [0.4, 0.5) is 0 Å². The van der Waals surface area contributed by atoms with Gasteiger partial charge in [-0.3, -0.25) is 9.89 Å². The third-order valence-corrected chi connectivity index (χ3v) is 5.24. The van der Waals surface area contributed by atoms with E-state index >= 15 is 0 Å². The van der Waals surface area contributed by atoms with Crippen molar-refractivity contribution in [1.82, 2.24) is 15.5 Å². The van der Waals surface area contributed by atoms with Crippen molar-refractivity contribution < 1.29 is 14.2 Å². The van der Waals surface area contributed by atoms with Crippen LogP contribution in [0.25, 0.3) is 0 Å². The summed E-state index contributed by atoms with van der Waals surface area (Å²) in [6, 6.07) is 16.3. The molecule has 3 rings (SSSR count). The van der Waals surface area contributed by atoms with E-state index in [-0.39, 0.29) is 24.0 Å². The Morgan fingerprint density at radius 1 is 1.09 bits per heavy atom. The lowest BCUT2D eigenvalue weighted by atomic mass is 10.1. The van der Waals surface area contributed by atoms with Gasteiger partial charge in [-0.2, -0.15) is 0 Å². The Labute approximate surface area is 208 Å². The summed E-state index contributed by atoms with van der Waals surface area (Å²) in [5.41, 5.74) is 2.33. The molecule has 1 fully saturated rings. The highest BCUT2D eigenvalue weighted by atomic mass is 127. The fourth-order valence-electron chi connectivity index (χ4n) is 3.49. The van der Waals surface area contributed by atoms with Crippen LogP contribution >= 0.6 is 24.0 Å². The molecule has 2 N–H and O–H groups in total. The number of ether oxygens (including phenoxy) is 3. The van der Waals surface area contributed by atoms with Crippen molar-refractivity contribution in [3.05, 3.63) is 59.7 Å². The average molecular weight is 554 g/mol. The topological polar surface area (TPSA) is 67.4 Å². The number of hydrogen-bond donors (Lipinski definition) is 2. The van der Waals surface area contributed by atoms with Gasteiger partial charge in [0.1, 0.15) is 18.1 Å². The van der Waals surface area contributed by atoms with E-state index in [1.54, 1.807) is 14.2 Å². The number of morpholine rings is 1. The second-order valence-corrected chi connectivity index (χ2v) is 7.36. The lowest BCUT2D eigenvalue weighted by molar-refractivity contribution is 0.0322. The molecular weight excluding hydrogens is 519 g/mol. The van der Waals surface area contributed by atoms with E-state index in [9.17, 15) is 0 Å². The predicted molar refractivity (Wildman–Crippen MR) is 140 cm³/mol. The van der Waals surface area contributed by atoms with E-state index in [0.29, 0.717) is 13.2 Å². The van der Waals surface area contributed by atoms with Crippen molar-refractivity contribution in [3.8, 4) is 11.5 Å². The molecule has 0 atom stereocenters. The van der Waals surface area contributed by atoms with Crippen LogP contribution in [-0.2, 0) is 17.7 Å². The van der Waals surface area contributed by atoms with Crippen molar-refractivity contribution in [2.24, 2.45) is 4.99 Å². The molecule has 0 aromatic heterocycles. The number of methoxy groups -OCH3 is 1. The van der Waals surface area contributed by atoms with Gasteiger partial charge in [-0.25, -0.2) is 0 Å². The normalized spacial score (nSPS) is 14.4. The largest absolute Gasteiger partial charge is 0.496 e. The van der Waals surface area contributed by atoms with Crippen molar-refractivity contribution in [2.75, 3.05) is 60.2 Å². The number of halogens is 1. The number of nitrogens with one attached hydrogen (secondary N) is 2. The van der Waals surface area contributed by atoms with Crippen LogP contribution < -0.4 is 20.1 Å². The summed E-state index contributed by atoms with van der Waals surface area (Å²) in [7, 11) is 3.48. The van der Waals surface area contributed by atoms with Crippen LogP contribution in [0, 0.1) is 0 Å². The number of hydrogen-bond acceptors (Lipinski definition) is 5. The lowest BCUT2D eigenvalue weighted by Crippen LogP contribution is -2.38. The van der Waals surface area contributed by atoms with E-state index in [1.165, 1.54) is 5.56 Å². The van der Waals surface area contributed by atoms with Crippen LogP contribution in [0.1, 0.15) is 11.1 Å². The molecule has 0 radical (unpaired) electrons. The fourth-order valence-corrected chi connectivity index (χ4v) is 3.49. The van der Waals surface area contributed by atoms with Crippen molar-refractivity contribution in [3.63, 3.8) is 0 Å². The summed E-state index contributed by atoms with van der Waals surface area (Å²) in [6.07, 6.45) is 0.858. The van der Waals surface area contributed by atoms with Crippen LogP contribution in [0.2, 0.25) is 0 Å². The van der Waals surface area contributed by atoms with Crippen LogP contribution in [0.15, 0.2) is 53.5 Å². The second-order valence-electron chi connectivity index (χ2n) is 7.36. The van der Waals surface area contributed by atoms with Gasteiger partial charge in [-0.05, 0) is 35.7 Å². The number of guanidine groups is 1. The van der Waals surface area contributed by atoms with Crippen LogP contribution in [0.5, 0.6) is 11.5 Å². The molecule has 2 aromatic carbocycles. The van der Waals surface area contributed by atoms with Gasteiger partial charge in [0.25, 0.3) is 0 Å². The van der Waals surface area contributed by atoms with Gasteiger partial charge in [-0.1, -0.05) is 30.3 Å². The van der Waals surface area contributed by atoms with Crippen LogP contribution in [-0.4, -0.2) is 71.0 Å². The zero-order chi connectivity index (χ0) is 21.7. The molecule has 0 aliphatic carbocycles. The summed E-state index contributed by atoms with van der Waals surface area (Å²) >= 11 is 0. The number of aliphatic imine (C=N–C) groups is 1. The zero-order valence-electron chi connectivity index (χ0n) is 19.0. The summed E-state index contributed by atoms with van der Waals surface area (Å²) in [6.45, 7) is 6.65. The van der Waals surface area contributed by atoms with Gasteiger partial charge in [0.2, 0.25) is 0 Å². The Bertz CT molecular complexity index is 828. The van der Waals surface area contributed by atoms with Gasteiger partial charge >= 0.3 is 0 Å². The minimum absolute atomic E-state index is 0. The average Bonchev–Trinajstić information content (AvgIpc) is 2.82. The third-order valence-electron chi connectivity index (χ3n) is 5.24. The minimum Gasteiger partial charge on any atom is -0.496 e. The first kappa shape index (κ1) is 26.2. The first-order valence-electron chi connectivity index (χ1n) is 10.9. The Hall–Kier alpha value is -2.04. The molecule has 0 saturated carbocycles. The quantitative estimate of drug-likeness (QED) is 0.268. The molecule has 1 aliphatic rings. The molecule has 0 spiro atoms. The maximum absolute atomic E-state index is 5.95. The van der Waals surface area contributed by atoms with E-state index in [1.807, 2.05) is 30.3 Å². The number of benzene rings is 2. The molecule has 176 valence electrons. The third kappa shape index (κ3) is 8.84. The first-order chi connectivity index (χ1) is 15.3. The Morgan fingerprint density at radius 3 is 2.69 bits per heavy atom. The molecular formula is C24H35IN4O3. The monoisotopic (exact) mass is 554 g/mol. The number of nitrogens with zero attached hydrogens (tertiary/aromatic N) is 2. The Morgan fingerprint density at radius 2 is 1.91 bits per heavy atom. The molecule has 0 unspecified atom stereocenters. The van der Waals surface area contributed by atoms with Crippen molar-refractivity contribution in [1.29, 1.82) is 0 Å². The fraction of sp³-hybridized carbons (Fsp3) is 0.458. The molecule has 1 saturated heterocycles. The second kappa shape index (κ2) is 14.9. The van der Waals surface area contributed by atoms with E-state index in [2.05, 4.69) is 38.7 Å². The maximum Gasteiger partial charge on any atom is 0.191 e. The smallest absolute Gasteiger partial charge is 0.191 e. The van der Waals surface area contributed by atoms with Gasteiger partial charge in [-0.15, -0.1) is 24.0 Å². The standard InChI is InChI=1S/C24H34N4O3.HI/c1-25-24(26-11-10-21-7-3-4-9-23(21)29-2)27-19-20-6-5-8-22(18-20)31-17-14-28-12-15-30-16-13-28;/h3-9,18H,10-17,19H2,1-2H3,(H2,25,26,27);1H. The summed E-state index contributed by atoms with van der Waals surface area (Å²) in [5.74, 6) is 2.58. The van der Waals surface area contributed by atoms with Crippen molar-refractivity contribution in [2.45, 2.75) is 13.0 Å². The first-order valence-corrected chi connectivity index (χ1v) is 10.9. The van der Waals surface area contributed by atoms with Gasteiger partial charge < -0.3 is 24.8 Å². The molecule has 1 aliphatic heterocycles. The van der Waals surface area contributed by atoms with E-state index in [0.717, 1.165) is 68.8 Å². The molecule has 0 bridgehead atoms. The van der Waals surface area contributed by atoms with Gasteiger partial charge in [0, 0.05) is 39.8 Å². The summed E-state index contributed by atoms with van der Waals surface area (Å²) in [4.78, 5) is 6.69. The zero-order valence-corrected chi connectivity index (χ0v) is 21.3. The van der Waals surface area contributed by atoms with Gasteiger partial charge in [0.05, 0.1) is 20.3 Å². The lowest BCUT2D eigenvalue weighted by Gasteiger charge is -2.26. The number of para-hydroxylation sites is 1. The van der Waals surface area contributed by atoms with Crippen molar-refractivity contribution >= 4 is 29.9 Å². The molecule has 2 aromatic rings. The Balaban J connectivity index is 0.00000363. The highest BCUT2D eigenvalue weighted by Gasteiger charge is 2.10. The molecule has 8 heteroatoms. The maximum atomic E-state index is 5.95. The van der Waals surface area contributed by atoms with Crippen LogP contribution in [0.3, 0.4) is 0 Å². The number of rotatable bonds is 10. The van der Waals surface area contributed by atoms with E-state index in [4.69, 9.17) is 14.2 Å². The Kier molecular flexibility index (Phi) is 12.2. The SMILES string of the molecule is CN=C(NCCc1ccccc1OC)NCc1cccc(OCCN2CCOCC2)c1.I. The van der Waals surface area contributed by atoms with E-state index < -0.39 is 0 Å². The highest BCUT2D eigenvalue weighted by Crippen LogP contribution is 2.17. The summed E-state index contributed by atoms with van der Waals surface area (Å²) in [5, 5.41) is 6.73.